The van der Waals surface area contributed by atoms with Gasteiger partial charge in [-0.3, -0.25) is 0 Å². The van der Waals surface area contributed by atoms with Crippen molar-refractivity contribution in [3.05, 3.63) is 42.0 Å². The van der Waals surface area contributed by atoms with Crippen LogP contribution in [0.1, 0.15) is 5.56 Å². The average Bonchev–Trinajstić information content (AvgIpc) is 2.37. The molecule has 0 saturated carbocycles. The minimum absolute atomic E-state index is 0.0309. The fourth-order valence-corrected chi connectivity index (χ4v) is 1.23. The summed E-state index contributed by atoms with van der Waals surface area (Å²) in [6.07, 6.45) is -4.97. The van der Waals surface area contributed by atoms with E-state index >= 15 is 0 Å². The largest absolute Gasteiger partial charge is 0.381 e. The van der Waals surface area contributed by atoms with Crippen LogP contribution in [-0.2, 0) is 0 Å². The third-order valence-corrected chi connectivity index (χ3v) is 2.40. The minimum atomic E-state index is -6.21. The van der Waals surface area contributed by atoms with Gasteiger partial charge in [-0.25, -0.2) is 8.78 Å². The molecule has 112 valence electrons. The predicted molar refractivity (Wildman–Crippen MR) is 56.3 cm³/mol. The van der Waals surface area contributed by atoms with Gasteiger partial charge in [0.2, 0.25) is 0 Å². The van der Waals surface area contributed by atoms with Gasteiger partial charge in [0.15, 0.2) is 0 Å². The normalized spacial score (nSPS) is 14.2. The zero-order chi connectivity index (χ0) is 15.6. The van der Waals surface area contributed by atoms with Crippen LogP contribution in [0.25, 0.3) is 6.08 Å². The van der Waals surface area contributed by atoms with Gasteiger partial charge in [-0.05, 0) is 11.6 Å². The molecule has 0 aliphatic rings. The maximum Gasteiger partial charge on any atom is 0.381 e. The lowest BCUT2D eigenvalue weighted by Gasteiger charge is -2.30. The van der Waals surface area contributed by atoms with Crippen molar-refractivity contribution >= 4 is 6.08 Å². The maximum atomic E-state index is 13.1. The zero-order valence-corrected chi connectivity index (χ0v) is 9.64. The number of hydrogen-bond acceptors (Lipinski definition) is 0. The molecule has 0 aliphatic carbocycles. The highest BCUT2D eigenvalue weighted by molar-refractivity contribution is 5.50. The van der Waals surface area contributed by atoms with Crippen LogP contribution in [0.3, 0.4) is 0 Å². The summed E-state index contributed by atoms with van der Waals surface area (Å²) >= 11 is 0. The number of allylic oxidation sites excluding steroid dienone is 1. The molecule has 0 spiro atoms. The first-order chi connectivity index (χ1) is 9.02. The van der Waals surface area contributed by atoms with E-state index in [1.165, 1.54) is 30.3 Å². The van der Waals surface area contributed by atoms with Crippen LogP contribution in [-0.4, -0.2) is 24.2 Å². The molecule has 0 aromatic heterocycles. The Morgan fingerprint density at radius 1 is 0.850 bits per heavy atom. The molecule has 0 amide bonds. The lowest BCUT2D eigenvalue weighted by Crippen LogP contribution is -2.56. The molecule has 0 heterocycles. The van der Waals surface area contributed by atoms with E-state index in [2.05, 4.69) is 0 Å². The summed E-state index contributed by atoms with van der Waals surface area (Å²) < 4.78 is 101. The Hall–Kier alpha value is -1.60. The van der Waals surface area contributed by atoms with Gasteiger partial charge >= 0.3 is 24.2 Å². The second-order valence-electron chi connectivity index (χ2n) is 3.87. The third-order valence-electron chi connectivity index (χ3n) is 2.40. The quantitative estimate of drug-likeness (QED) is 0.681. The first-order valence-electron chi connectivity index (χ1n) is 5.18. The van der Waals surface area contributed by atoms with Crippen molar-refractivity contribution in [2.45, 2.75) is 24.2 Å². The molecule has 8 heteroatoms. The lowest BCUT2D eigenvalue weighted by molar-refractivity contribution is -0.324. The Labute approximate surface area is 108 Å². The number of benzene rings is 1. The van der Waals surface area contributed by atoms with Gasteiger partial charge in [0, 0.05) is 0 Å². The highest BCUT2D eigenvalue weighted by Crippen LogP contribution is 2.49. The molecule has 0 bridgehead atoms. The summed E-state index contributed by atoms with van der Waals surface area (Å²) in [5, 5.41) is 0. The minimum Gasteiger partial charge on any atom is -0.203 e. The predicted octanol–water partition coefficient (Wildman–Crippen LogP) is 4.87. The first-order valence-corrected chi connectivity index (χ1v) is 5.18. The van der Waals surface area contributed by atoms with E-state index in [0.717, 1.165) is 0 Å². The van der Waals surface area contributed by atoms with Crippen molar-refractivity contribution in [1.29, 1.82) is 0 Å². The van der Waals surface area contributed by atoms with Crippen LogP contribution in [0.4, 0.5) is 35.1 Å². The first kappa shape index (κ1) is 16.5. The molecule has 0 saturated heterocycles. The van der Waals surface area contributed by atoms with Crippen molar-refractivity contribution < 1.29 is 35.1 Å². The fraction of sp³-hybridized carbons (Fsp3) is 0.333. The van der Waals surface area contributed by atoms with E-state index in [1.807, 2.05) is 0 Å². The standard InChI is InChI=1S/C12H8F8/c13-9(14)11(17,18)12(19,20)10(15,16)7-6-8-4-2-1-3-5-8/h1-7,9H/b7-6+. The number of halogens is 8. The van der Waals surface area contributed by atoms with Crippen LogP contribution >= 0.6 is 0 Å². The summed E-state index contributed by atoms with van der Waals surface area (Å²) in [4.78, 5) is 0. The third kappa shape index (κ3) is 2.94. The molecular formula is C12H8F8. The van der Waals surface area contributed by atoms with Crippen molar-refractivity contribution in [2.24, 2.45) is 0 Å². The highest BCUT2D eigenvalue weighted by atomic mass is 19.4. The van der Waals surface area contributed by atoms with Crippen molar-refractivity contribution in [1.82, 2.24) is 0 Å². The van der Waals surface area contributed by atoms with E-state index in [4.69, 9.17) is 0 Å². The van der Waals surface area contributed by atoms with Crippen LogP contribution in [0.15, 0.2) is 36.4 Å². The van der Waals surface area contributed by atoms with Crippen LogP contribution in [0, 0.1) is 0 Å². The second-order valence-corrected chi connectivity index (χ2v) is 3.87. The Balaban J connectivity index is 3.06. The van der Waals surface area contributed by atoms with Gasteiger partial charge in [-0.2, -0.15) is 26.3 Å². The van der Waals surface area contributed by atoms with Gasteiger partial charge in [0.05, 0.1) is 0 Å². The van der Waals surface area contributed by atoms with Crippen LogP contribution in [0.2, 0.25) is 0 Å². The van der Waals surface area contributed by atoms with E-state index in [0.29, 0.717) is 6.08 Å². The molecule has 0 unspecified atom stereocenters. The molecule has 0 nitrogen and oxygen atoms in total. The molecule has 0 atom stereocenters. The monoisotopic (exact) mass is 304 g/mol. The summed E-state index contributed by atoms with van der Waals surface area (Å²) in [6, 6.07) is 6.79. The lowest BCUT2D eigenvalue weighted by atomic mass is 10.0. The topological polar surface area (TPSA) is 0 Å². The summed E-state index contributed by atoms with van der Waals surface area (Å²) in [7, 11) is 0. The van der Waals surface area contributed by atoms with Gasteiger partial charge in [-0.15, -0.1) is 0 Å². The number of rotatable bonds is 5. The smallest absolute Gasteiger partial charge is 0.203 e. The van der Waals surface area contributed by atoms with Crippen molar-refractivity contribution in [2.75, 3.05) is 0 Å². The number of hydrogen-bond donors (Lipinski definition) is 0. The SMILES string of the molecule is FC(F)C(F)(F)C(F)(F)C(F)(F)/C=C/c1ccccc1. The number of alkyl halides is 8. The highest BCUT2D eigenvalue weighted by Gasteiger charge is 2.74. The maximum absolute atomic E-state index is 13.1. The molecule has 1 aromatic carbocycles. The molecule has 0 fully saturated rings. The molecule has 0 N–H and O–H groups in total. The summed E-state index contributed by atoms with van der Waals surface area (Å²) in [5.74, 6) is -17.8. The Bertz CT molecular complexity index is 464. The molecule has 0 aliphatic heterocycles. The van der Waals surface area contributed by atoms with Crippen molar-refractivity contribution in [3.8, 4) is 0 Å². The fourth-order valence-electron chi connectivity index (χ4n) is 1.23. The van der Waals surface area contributed by atoms with Gasteiger partial charge in [0.1, 0.15) is 0 Å². The molecule has 0 radical (unpaired) electrons. The summed E-state index contributed by atoms with van der Waals surface area (Å²) in [5.41, 5.74) is 0.0309. The van der Waals surface area contributed by atoms with Gasteiger partial charge in [0.25, 0.3) is 0 Å². The Kier molecular flexibility index (Phi) is 4.45. The summed E-state index contributed by atoms with van der Waals surface area (Å²) in [6.45, 7) is 0. The van der Waals surface area contributed by atoms with E-state index in [-0.39, 0.29) is 5.56 Å². The molecule has 20 heavy (non-hydrogen) atoms. The van der Waals surface area contributed by atoms with E-state index < -0.39 is 30.3 Å². The molecular weight excluding hydrogens is 296 g/mol. The molecule has 1 rings (SSSR count). The van der Waals surface area contributed by atoms with E-state index in [9.17, 15) is 35.1 Å². The van der Waals surface area contributed by atoms with Gasteiger partial charge in [-0.1, -0.05) is 36.4 Å². The average molecular weight is 304 g/mol. The second kappa shape index (κ2) is 5.41. The van der Waals surface area contributed by atoms with Crippen LogP contribution < -0.4 is 0 Å². The van der Waals surface area contributed by atoms with Crippen molar-refractivity contribution in [3.63, 3.8) is 0 Å². The van der Waals surface area contributed by atoms with Gasteiger partial charge < -0.3 is 0 Å². The Morgan fingerprint density at radius 3 is 1.80 bits per heavy atom. The van der Waals surface area contributed by atoms with Crippen LogP contribution in [0.5, 0.6) is 0 Å². The van der Waals surface area contributed by atoms with E-state index in [1.54, 1.807) is 0 Å². The zero-order valence-electron chi connectivity index (χ0n) is 9.64. The molecule has 1 aromatic rings. The Morgan fingerprint density at radius 2 is 1.35 bits per heavy atom.